The summed E-state index contributed by atoms with van der Waals surface area (Å²) in [5.41, 5.74) is 2.51. The summed E-state index contributed by atoms with van der Waals surface area (Å²) in [6.45, 7) is 6.88. The fourth-order valence-electron chi connectivity index (χ4n) is 3.00. The van der Waals surface area contributed by atoms with E-state index in [1.54, 1.807) is 6.33 Å². The van der Waals surface area contributed by atoms with E-state index < -0.39 is 0 Å². The van der Waals surface area contributed by atoms with Crippen LogP contribution >= 0.6 is 0 Å². The predicted molar refractivity (Wildman–Crippen MR) is 74.3 cm³/mol. The lowest BCUT2D eigenvalue weighted by Crippen LogP contribution is -2.39. The number of nitrogens with zero attached hydrogens (tertiary/aromatic N) is 3. The molecule has 1 aromatic rings. The molecule has 1 fully saturated rings. The first kappa shape index (κ1) is 12.8. The van der Waals surface area contributed by atoms with Gasteiger partial charge in [-0.3, -0.25) is 0 Å². The minimum Gasteiger partial charge on any atom is -0.378 e. The molecule has 1 N–H and O–H groups in total. The van der Waals surface area contributed by atoms with Crippen LogP contribution in [0.2, 0.25) is 0 Å². The Morgan fingerprint density at radius 1 is 1.37 bits per heavy atom. The van der Waals surface area contributed by atoms with E-state index in [-0.39, 0.29) is 0 Å². The maximum atomic E-state index is 5.71. The summed E-state index contributed by atoms with van der Waals surface area (Å²) in [5.74, 6) is 1.13. The quantitative estimate of drug-likeness (QED) is 0.885. The SMILES string of the molecule is CCOC1CCN(c2ncnc3c2CNCC3)CC1. The third kappa shape index (κ3) is 2.72. The maximum absolute atomic E-state index is 5.71. The fraction of sp³-hybridized carbons (Fsp3) is 0.714. The van der Waals surface area contributed by atoms with Crippen molar-refractivity contribution in [1.29, 1.82) is 0 Å². The second-order valence-electron chi connectivity index (χ2n) is 5.19. The Hall–Kier alpha value is -1.20. The number of anilines is 1. The molecule has 5 heteroatoms. The van der Waals surface area contributed by atoms with E-state index in [1.807, 2.05) is 0 Å². The molecule has 0 radical (unpaired) electrons. The van der Waals surface area contributed by atoms with E-state index in [4.69, 9.17) is 4.74 Å². The lowest BCUT2D eigenvalue weighted by atomic mass is 10.0. The molecular formula is C14H22N4O. The smallest absolute Gasteiger partial charge is 0.136 e. The van der Waals surface area contributed by atoms with Gasteiger partial charge in [-0.05, 0) is 19.8 Å². The second-order valence-corrected chi connectivity index (χ2v) is 5.19. The van der Waals surface area contributed by atoms with Crippen molar-refractivity contribution in [1.82, 2.24) is 15.3 Å². The van der Waals surface area contributed by atoms with Crippen LogP contribution in [0.4, 0.5) is 5.82 Å². The van der Waals surface area contributed by atoms with Gasteiger partial charge in [0.15, 0.2) is 0 Å². The zero-order valence-corrected chi connectivity index (χ0v) is 11.6. The zero-order valence-electron chi connectivity index (χ0n) is 11.6. The largest absolute Gasteiger partial charge is 0.378 e. The molecule has 0 aliphatic carbocycles. The number of nitrogens with one attached hydrogen (secondary N) is 1. The number of fused-ring (bicyclic) bond motifs is 1. The van der Waals surface area contributed by atoms with Crippen molar-refractivity contribution < 1.29 is 4.74 Å². The average molecular weight is 262 g/mol. The number of hydrogen-bond acceptors (Lipinski definition) is 5. The maximum Gasteiger partial charge on any atom is 0.136 e. The first-order chi connectivity index (χ1) is 9.38. The Morgan fingerprint density at radius 3 is 3.00 bits per heavy atom. The summed E-state index contributed by atoms with van der Waals surface area (Å²) >= 11 is 0. The number of piperidine rings is 1. The summed E-state index contributed by atoms with van der Waals surface area (Å²) in [4.78, 5) is 11.3. The minimum absolute atomic E-state index is 0.428. The lowest BCUT2D eigenvalue weighted by Gasteiger charge is -2.34. The molecule has 0 spiro atoms. The molecule has 2 aliphatic rings. The third-order valence-electron chi connectivity index (χ3n) is 4.00. The Bertz CT molecular complexity index is 429. The van der Waals surface area contributed by atoms with Crippen molar-refractivity contribution in [2.45, 2.75) is 38.8 Å². The van der Waals surface area contributed by atoms with Crippen LogP contribution in [0.3, 0.4) is 0 Å². The Labute approximate surface area is 114 Å². The molecule has 0 amide bonds. The van der Waals surface area contributed by atoms with Crippen molar-refractivity contribution in [3.8, 4) is 0 Å². The van der Waals surface area contributed by atoms with E-state index in [0.717, 1.165) is 57.9 Å². The average Bonchev–Trinajstić information content (AvgIpc) is 2.48. The standard InChI is InChI=1S/C14H22N4O/c1-2-19-11-4-7-18(8-5-11)14-12-9-15-6-3-13(12)16-10-17-14/h10-11,15H,2-9H2,1H3. The van der Waals surface area contributed by atoms with Crippen LogP contribution in [0.25, 0.3) is 0 Å². The van der Waals surface area contributed by atoms with Gasteiger partial charge >= 0.3 is 0 Å². The van der Waals surface area contributed by atoms with Crippen molar-refractivity contribution in [2.75, 3.05) is 31.1 Å². The van der Waals surface area contributed by atoms with Crippen LogP contribution in [-0.2, 0) is 17.7 Å². The van der Waals surface area contributed by atoms with Crippen molar-refractivity contribution >= 4 is 5.82 Å². The highest BCUT2D eigenvalue weighted by Crippen LogP contribution is 2.25. The first-order valence-electron chi connectivity index (χ1n) is 7.28. The van der Waals surface area contributed by atoms with E-state index >= 15 is 0 Å². The van der Waals surface area contributed by atoms with Crippen molar-refractivity contribution in [2.24, 2.45) is 0 Å². The van der Waals surface area contributed by atoms with Crippen LogP contribution < -0.4 is 10.2 Å². The van der Waals surface area contributed by atoms with Gasteiger partial charge in [0.1, 0.15) is 12.1 Å². The molecule has 3 rings (SSSR count). The van der Waals surface area contributed by atoms with Crippen LogP contribution in [-0.4, -0.2) is 42.3 Å². The number of aromatic nitrogens is 2. The fourth-order valence-corrected chi connectivity index (χ4v) is 3.00. The molecule has 0 aromatic carbocycles. The zero-order chi connectivity index (χ0) is 13.1. The highest BCUT2D eigenvalue weighted by atomic mass is 16.5. The summed E-state index contributed by atoms with van der Waals surface area (Å²) in [6.07, 6.45) is 5.35. The summed E-state index contributed by atoms with van der Waals surface area (Å²) in [7, 11) is 0. The van der Waals surface area contributed by atoms with Gasteiger partial charge in [-0.2, -0.15) is 0 Å². The topological polar surface area (TPSA) is 50.3 Å². The molecule has 2 aliphatic heterocycles. The predicted octanol–water partition coefficient (Wildman–Crippen LogP) is 1.13. The van der Waals surface area contributed by atoms with Crippen LogP contribution in [0, 0.1) is 0 Å². The van der Waals surface area contributed by atoms with Crippen molar-refractivity contribution in [3.63, 3.8) is 0 Å². The van der Waals surface area contributed by atoms with Gasteiger partial charge in [-0.15, -0.1) is 0 Å². The van der Waals surface area contributed by atoms with E-state index in [0.29, 0.717) is 6.10 Å². The lowest BCUT2D eigenvalue weighted by molar-refractivity contribution is 0.0458. The molecule has 1 aromatic heterocycles. The van der Waals surface area contributed by atoms with Crippen LogP contribution in [0.15, 0.2) is 6.33 Å². The number of hydrogen-bond donors (Lipinski definition) is 1. The Kier molecular flexibility index (Phi) is 3.94. The summed E-state index contributed by atoms with van der Waals surface area (Å²) in [6, 6.07) is 0. The summed E-state index contributed by atoms with van der Waals surface area (Å²) < 4.78 is 5.71. The normalized spacial score (nSPS) is 20.4. The summed E-state index contributed by atoms with van der Waals surface area (Å²) in [5, 5.41) is 3.42. The van der Waals surface area contributed by atoms with Gasteiger partial charge in [-0.25, -0.2) is 9.97 Å². The van der Waals surface area contributed by atoms with Gasteiger partial charge in [0, 0.05) is 44.8 Å². The first-order valence-corrected chi connectivity index (χ1v) is 7.28. The van der Waals surface area contributed by atoms with Gasteiger partial charge in [-0.1, -0.05) is 0 Å². The highest BCUT2D eigenvalue weighted by Gasteiger charge is 2.24. The van der Waals surface area contributed by atoms with E-state index in [2.05, 4.69) is 27.1 Å². The van der Waals surface area contributed by atoms with Crippen LogP contribution in [0.1, 0.15) is 31.0 Å². The van der Waals surface area contributed by atoms with Gasteiger partial charge in [0.25, 0.3) is 0 Å². The third-order valence-corrected chi connectivity index (χ3v) is 4.00. The van der Waals surface area contributed by atoms with Gasteiger partial charge in [0.05, 0.1) is 11.8 Å². The molecule has 0 saturated carbocycles. The Balaban J connectivity index is 1.73. The highest BCUT2D eigenvalue weighted by molar-refractivity contribution is 5.49. The molecule has 1 saturated heterocycles. The van der Waals surface area contributed by atoms with Gasteiger partial charge in [0.2, 0.25) is 0 Å². The number of ether oxygens (including phenoxy) is 1. The molecule has 19 heavy (non-hydrogen) atoms. The second kappa shape index (κ2) is 5.84. The van der Waals surface area contributed by atoms with Crippen molar-refractivity contribution in [3.05, 3.63) is 17.6 Å². The molecule has 5 nitrogen and oxygen atoms in total. The molecule has 0 bridgehead atoms. The molecular weight excluding hydrogens is 240 g/mol. The molecule has 104 valence electrons. The van der Waals surface area contributed by atoms with E-state index in [9.17, 15) is 0 Å². The van der Waals surface area contributed by atoms with Gasteiger partial charge < -0.3 is 15.0 Å². The monoisotopic (exact) mass is 262 g/mol. The van der Waals surface area contributed by atoms with Crippen LogP contribution in [0.5, 0.6) is 0 Å². The van der Waals surface area contributed by atoms with E-state index in [1.165, 1.54) is 11.3 Å². The number of rotatable bonds is 3. The molecule has 0 atom stereocenters. The minimum atomic E-state index is 0.428. The molecule has 0 unspecified atom stereocenters. The molecule has 3 heterocycles. The Morgan fingerprint density at radius 2 is 2.21 bits per heavy atom.